The smallest absolute Gasteiger partial charge is 0.138 e. The number of carbonyl (C=O) groups is 1. The van der Waals surface area contributed by atoms with Crippen LogP contribution >= 0.6 is 0 Å². The fourth-order valence-electron chi connectivity index (χ4n) is 5.05. The number of Topliss-reactive ketones (excluding diaryl/α,β-unsaturated/α-hetero) is 1. The highest BCUT2D eigenvalue weighted by molar-refractivity contribution is 5.91. The average Bonchev–Trinajstić information content (AvgIpc) is 3.06. The Morgan fingerprint density at radius 1 is 1.05 bits per heavy atom. The fourth-order valence-corrected chi connectivity index (χ4v) is 5.05. The second kappa shape index (κ2) is 3.85. The van der Waals surface area contributed by atoms with Crippen molar-refractivity contribution in [1.29, 1.82) is 0 Å². The van der Waals surface area contributed by atoms with E-state index in [2.05, 4.69) is 42.5 Å². The summed E-state index contributed by atoms with van der Waals surface area (Å²) in [6.45, 7) is 0. The van der Waals surface area contributed by atoms with Gasteiger partial charge in [0.15, 0.2) is 0 Å². The number of rotatable bonds is 0. The summed E-state index contributed by atoms with van der Waals surface area (Å²) in [6, 6.07) is 13.2. The SMILES string of the molecule is O=C1Cc2cc3ccccc3cc2C2(C1)CC1=CCC2C1. The van der Waals surface area contributed by atoms with Gasteiger partial charge in [0.05, 0.1) is 0 Å². The molecule has 1 nitrogen and oxygen atoms in total. The van der Waals surface area contributed by atoms with E-state index in [4.69, 9.17) is 0 Å². The molecule has 2 aromatic carbocycles. The molecular weight excluding hydrogens is 256 g/mol. The highest BCUT2D eigenvalue weighted by Crippen LogP contribution is 2.58. The fraction of sp³-hybridized carbons (Fsp3) is 0.350. The van der Waals surface area contributed by atoms with Crippen LogP contribution in [0.15, 0.2) is 48.0 Å². The van der Waals surface area contributed by atoms with Crippen LogP contribution in [0.5, 0.6) is 0 Å². The van der Waals surface area contributed by atoms with E-state index in [1.165, 1.54) is 34.7 Å². The van der Waals surface area contributed by atoms with Crippen molar-refractivity contribution in [2.75, 3.05) is 0 Å². The zero-order valence-electron chi connectivity index (χ0n) is 12.1. The summed E-state index contributed by atoms with van der Waals surface area (Å²) in [5.41, 5.74) is 4.49. The highest BCUT2D eigenvalue weighted by atomic mass is 16.1. The molecule has 1 fully saturated rings. The van der Waals surface area contributed by atoms with Crippen molar-refractivity contribution in [2.24, 2.45) is 5.92 Å². The third-order valence-corrected chi connectivity index (χ3v) is 5.93. The Morgan fingerprint density at radius 2 is 1.86 bits per heavy atom. The predicted molar refractivity (Wildman–Crippen MR) is 84.4 cm³/mol. The molecular formula is C20H18O. The van der Waals surface area contributed by atoms with E-state index in [9.17, 15) is 4.79 Å². The van der Waals surface area contributed by atoms with E-state index in [0.29, 0.717) is 18.1 Å². The van der Waals surface area contributed by atoms with Crippen LogP contribution in [0.2, 0.25) is 0 Å². The molecule has 5 rings (SSSR count). The summed E-state index contributed by atoms with van der Waals surface area (Å²) in [5, 5.41) is 2.59. The van der Waals surface area contributed by atoms with Gasteiger partial charge in [-0.3, -0.25) is 4.79 Å². The van der Waals surface area contributed by atoms with Crippen molar-refractivity contribution >= 4 is 16.6 Å². The number of carbonyl (C=O) groups excluding carboxylic acids is 1. The first-order valence-electron chi connectivity index (χ1n) is 7.96. The summed E-state index contributed by atoms with van der Waals surface area (Å²) >= 11 is 0. The molecule has 2 bridgehead atoms. The Balaban J connectivity index is 1.79. The van der Waals surface area contributed by atoms with Crippen molar-refractivity contribution in [3.05, 3.63) is 59.2 Å². The Morgan fingerprint density at radius 3 is 2.57 bits per heavy atom. The maximum absolute atomic E-state index is 12.4. The number of ketones is 1. The van der Waals surface area contributed by atoms with Crippen LogP contribution in [0.25, 0.3) is 10.8 Å². The van der Waals surface area contributed by atoms with Gasteiger partial charge in [0.2, 0.25) is 0 Å². The van der Waals surface area contributed by atoms with Crippen LogP contribution in [-0.4, -0.2) is 5.78 Å². The van der Waals surface area contributed by atoms with Crippen LogP contribution in [0.3, 0.4) is 0 Å². The molecule has 0 radical (unpaired) electrons. The van der Waals surface area contributed by atoms with Gasteiger partial charge in [-0.25, -0.2) is 0 Å². The van der Waals surface area contributed by atoms with Gasteiger partial charge in [0, 0.05) is 18.3 Å². The van der Waals surface area contributed by atoms with Gasteiger partial charge >= 0.3 is 0 Å². The van der Waals surface area contributed by atoms with E-state index in [1.807, 2.05) is 0 Å². The Kier molecular flexibility index (Phi) is 2.15. The van der Waals surface area contributed by atoms with Gasteiger partial charge in [-0.05, 0) is 47.1 Å². The van der Waals surface area contributed by atoms with Gasteiger partial charge in [-0.2, -0.15) is 0 Å². The zero-order valence-corrected chi connectivity index (χ0v) is 12.1. The van der Waals surface area contributed by atoms with Crippen molar-refractivity contribution in [3.8, 4) is 0 Å². The minimum Gasteiger partial charge on any atom is -0.299 e. The molecule has 3 aliphatic rings. The molecule has 0 saturated heterocycles. The second-order valence-electron chi connectivity index (χ2n) is 7.08. The topological polar surface area (TPSA) is 17.1 Å². The molecule has 104 valence electrons. The van der Waals surface area contributed by atoms with Crippen molar-refractivity contribution in [2.45, 2.75) is 37.5 Å². The van der Waals surface area contributed by atoms with Gasteiger partial charge in [0.1, 0.15) is 5.78 Å². The van der Waals surface area contributed by atoms with E-state index < -0.39 is 0 Å². The summed E-state index contributed by atoms with van der Waals surface area (Å²) in [5.74, 6) is 1.10. The first kappa shape index (κ1) is 11.7. The Hall–Kier alpha value is -1.89. The molecule has 1 saturated carbocycles. The average molecular weight is 274 g/mol. The number of hydrogen-bond acceptors (Lipinski definition) is 1. The van der Waals surface area contributed by atoms with Crippen LogP contribution in [-0.2, 0) is 16.6 Å². The number of allylic oxidation sites excluding steroid dienone is 2. The van der Waals surface area contributed by atoms with Crippen LogP contribution in [0, 0.1) is 5.92 Å². The molecule has 1 heteroatoms. The first-order valence-corrected chi connectivity index (χ1v) is 7.96. The summed E-state index contributed by atoms with van der Waals surface area (Å²) in [6.07, 6.45) is 7.33. The number of hydrogen-bond donors (Lipinski definition) is 0. The quantitative estimate of drug-likeness (QED) is 0.653. The Bertz CT molecular complexity index is 814. The molecule has 0 aliphatic heterocycles. The number of fused-ring (bicyclic) bond motifs is 6. The maximum Gasteiger partial charge on any atom is 0.138 e. The van der Waals surface area contributed by atoms with E-state index in [-0.39, 0.29) is 5.41 Å². The molecule has 0 heterocycles. The van der Waals surface area contributed by atoms with Crippen molar-refractivity contribution < 1.29 is 4.79 Å². The molecule has 2 aromatic rings. The first-order chi connectivity index (χ1) is 10.2. The minimum atomic E-state index is 0.124. The lowest BCUT2D eigenvalue weighted by Crippen LogP contribution is -2.39. The second-order valence-corrected chi connectivity index (χ2v) is 7.08. The molecule has 0 aromatic heterocycles. The third kappa shape index (κ3) is 1.49. The van der Waals surface area contributed by atoms with E-state index >= 15 is 0 Å². The molecule has 2 atom stereocenters. The van der Waals surface area contributed by atoms with Crippen molar-refractivity contribution in [1.82, 2.24) is 0 Å². The van der Waals surface area contributed by atoms with Crippen LogP contribution < -0.4 is 0 Å². The monoisotopic (exact) mass is 274 g/mol. The summed E-state index contributed by atoms with van der Waals surface area (Å²) < 4.78 is 0. The zero-order chi connectivity index (χ0) is 14.0. The maximum atomic E-state index is 12.4. The molecule has 0 amide bonds. The van der Waals surface area contributed by atoms with Gasteiger partial charge in [0.25, 0.3) is 0 Å². The van der Waals surface area contributed by atoms with Gasteiger partial charge in [-0.1, -0.05) is 48.0 Å². The Labute approximate surface area is 124 Å². The molecule has 0 N–H and O–H groups in total. The normalized spacial score (nSPS) is 30.0. The number of benzene rings is 2. The minimum absolute atomic E-state index is 0.124. The van der Waals surface area contributed by atoms with Crippen LogP contribution in [0.4, 0.5) is 0 Å². The molecule has 3 aliphatic carbocycles. The predicted octanol–water partition coefficient (Wildman–Crippen LogP) is 4.33. The van der Waals surface area contributed by atoms with E-state index in [0.717, 1.165) is 12.8 Å². The third-order valence-electron chi connectivity index (χ3n) is 5.93. The highest BCUT2D eigenvalue weighted by Gasteiger charge is 2.51. The lowest BCUT2D eigenvalue weighted by molar-refractivity contribution is -0.120. The van der Waals surface area contributed by atoms with Crippen LogP contribution in [0.1, 0.15) is 36.8 Å². The molecule has 21 heavy (non-hydrogen) atoms. The molecule has 1 spiro atoms. The summed E-state index contributed by atoms with van der Waals surface area (Å²) in [4.78, 5) is 12.4. The van der Waals surface area contributed by atoms with E-state index in [1.54, 1.807) is 5.57 Å². The summed E-state index contributed by atoms with van der Waals surface area (Å²) in [7, 11) is 0. The van der Waals surface area contributed by atoms with Gasteiger partial charge in [-0.15, -0.1) is 0 Å². The van der Waals surface area contributed by atoms with Crippen molar-refractivity contribution in [3.63, 3.8) is 0 Å². The largest absolute Gasteiger partial charge is 0.299 e. The lowest BCUT2D eigenvalue weighted by Gasteiger charge is -2.41. The van der Waals surface area contributed by atoms with Gasteiger partial charge < -0.3 is 0 Å². The lowest BCUT2D eigenvalue weighted by atomic mass is 9.62. The molecule has 2 unspecified atom stereocenters. The standard InChI is InChI=1S/C20H18O/c21-18-9-16-8-14-3-1-2-4-15(14)10-19(16)20(12-18)11-13-5-6-17(20)7-13/h1-5,8,10,17H,6-7,9,11-12H2.